The monoisotopic (exact) mass is 239 g/mol. The van der Waals surface area contributed by atoms with Gasteiger partial charge in [0.2, 0.25) is 5.91 Å². The number of hydrogen-bond acceptors (Lipinski definition) is 2. The van der Waals surface area contributed by atoms with Gasteiger partial charge in [-0.2, -0.15) is 0 Å². The van der Waals surface area contributed by atoms with Crippen LogP contribution in [0.2, 0.25) is 0 Å². The van der Waals surface area contributed by atoms with Gasteiger partial charge >= 0.3 is 0 Å². The van der Waals surface area contributed by atoms with Crippen molar-refractivity contribution in [3.63, 3.8) is 0 Å². The molecule has 3 nitrogen and oxygen atoms in total. The molecule has 0 radical (unpaired) electrons. The fraction of sp³-hybridized carbons (Fsp3) is 0.417. The molecule has 0 aliphatic carbocycles. The van der Waals surface area contributed by atoms with Gasteiger partial charge in [-0.15, -0.1) is 0 Å². The summed E-state index contributed by atoms with van der Waals surface area (Å²) >= 11 is 0. The van der Waals surface area contributed by atoms with E-state index < -0.39 is 10.8 Å². The van der Waals surface area contributed by atoms with Crippen molar-refractivity contribution in [2.45, 2.75) is 18.7 Å². The SMILES string of the molecule is CCN(CC)C(=O)CS(=O)c1ccccc1. The normalized spacial score (nSPS) is 12.1. The molecule has 0 aromatic heterocycles. The molecule has 0 aliphatic heterocycles. The largest absolute Gasteiger partial charge is 0.342 e. The van der Waals surface area contributed by atoms with Crippen molar-refractivity contribution in [3.05, 3.63) is 30.3 Å². The number of rotatable bonds is 5. The summed E-state index contributed by atoms with van der Waals surface area (Å²) in [4.78, 5) is 14.1. The zero-order chi connectivity index (χ0) is 12.0. The van der Waals surface area contributed by atoms with Crippen LogP contribution in [0.1, 0.15) is 13.8 Å². The lowest BCUT2D eigenvalue weighted by molar-refractivity contribution is -0.128. The third kappa shape index (κ3) is 3.45. The van der Waals surface area contributed by atoms with Crippen LogP contribution in [0, 0.1) is 0 Å². The average Bonchev–Trinajstić information content (AvgIpc) is 2.31. The number of amides is 1. The molecule has 1 aromatic rings. The Morgan fingerprint density at radius 3 is 2.25 bits per heavy atom. The van der Waals surface area contributed by atoms with Gasteiger partial charge < -0.3 is 4.90 Å². The summed E-state index contributed by atoms with van der Waals surface area (Å²) < 4.78 is 11.9. The molecule has 0 saturated carbocycles. The average molecular weight is 239 g/mol. The van der Waals surface area contributed by atoms with Gasteiger partial charge in [0.15, 0.2) is 0 Å². The fourth-order valence-electron chi connectivity index (χ4n) is 1.44. The lowest BCUT2D eigenvalue weighted by atomic mass is 10.4. The van der Waals surface area contributed by atoms with Crippen molar-refractivity contribution in [1.29, 1.82) is 0 Å². The van der Waals surface area contributed by atoms with Crippen molar-refractivity contribution in [3.8, 4) is 0 Å². The highest BCUT2D eigenvalue weighted by Gasteiger charge is 2.14. The maximum Gasteiger partial charge on any atom is 0.235 e. The zero-order valence-electron chi connectivity index (χ0n) is 9.68. The van der Waals surface area contributed by atoms with Crippen molar-refractivity contribution >= 4 is 16.7 Å². The van der Waals surface area contributed by atoms with Crippen LogP contribution >= 0.6 is 0 Å². The molecule has 4 heteroatoms. The highest BCUT2D eigenvalue weighted by atomic mass is 32.2. The second-order valence-electron chi connectivity index (χ2n) is 3.37. The highest BCUT2D eigenvalue weighted by Crippen LogP contribution is 2.06. The summed E-state index contributed by atoms with van der Waals surface area (Å²) in [5, 5.41) is 0. The minimum atomic E-state index is -1.23. The van der Waals surface area contributed by atoms with Crippen LogP contribution in [0.4, 0.5) is 0 Å². The van der Waals surface area contributed by atoms with Gasteiger partial charge in [-0.25, -0.2) is 0 Å². The number of hydrogen-bond donors (Lipinski definition) is 0. The van der Waals surface area contributed by atoms with E-state index in [0.717, 1.165) is 0 Å². The number of carbonyl (C=O) groups is 1. The number of benzene rings is 1. The Morgan fingerprint density at radius 2 is 1.75 bits per heavy atom. The molecule has 1 unspecified atom stereocenters. The van der Waals surface area contributed by atoms with Crippen molar-refractivity contribution in [2.24, 2.45) is 0 Å². The van der Waals surface area contributed by atoms with E-state index in [4.69, 9.17) is 0 Å². The third-order valence-corrected chi connectivity index (χ3v) is 3.68. The van der Waals surface area contributed by atoms with E-state index in [0.29, 0.717) is 18.0 Å². The molecule has 88 valence electrons. The van der Waals surface area contributed by atoms with E-state index in [-0.39, 0.29) is 11.7 Å². The van der Waals surface area contributed by atoms with Crippen LogP contribution in [-0.4, -0.2) is 33.9 Å². The van der Waals surface area contributed by atoms with Crippen LogP contribution in [0.15, 0.2) is 35.2 Å². The maximum absolute atomic E-state index is 11.9. The minimum absolute atomic E-state index is 0.0489. The Morgan fingerprint density at radius 1 is 1.19 bits per heavy atom. The smallest absolute Gasteiger partial charge is 0.235 e. The number of carbonyl (C=O) groups excluding carboxylic acids is 1. The molecule has 0 bridgehead atoms. The fourth-order valence-corrected chi connectivity index (χ4v) is 2.47. The molecule has 1 aromatic carbocycles. The second kappa shape index (κ2) is 6.43. The Bertz CT molecular complexity index is 361. The van der Waals surface area contributed by atoms with Gasteiger partial charge in [-0.3, -0.25) is 9.00 Å². The first-order valence-electron chi connectivity index (χ1n) is 5.40. The Kier molecular flexibility index (Phi) is 5.19. The van der Waals surface area contributed by atoms with E-state index >= 15 is 0 Å². The maximum atomic E-state index is 11.9. The van der Waals surface area contributed by atoms with Gasteiger partial charge in [0.05, 0.1) is 10.8 Å². The second-order valence-corrected chi connectivity index (χ2v) is 4.82. The summed E-state index contributed by atoms with van der Waals surface area (Å²) in [7, 11) is -1.23. The van der Waals surface area contributed by atoms with Crippen molar-refractivity contribution in [2.75, 3.05) is 18.8 Å². The van der Waals surface area contributed by atoms with Crippen LogP contribution in [-0.2, 0) is 15.6 Å². The standard InChI is InChI=1S/C12H17NO2S/c1-3-13(4-2)12(14)10-16(15)11-8-6-5-7-9-11/h5-9H,3-4,10H2,1-2H3. The summed E-state index contributed by atoms with van der Waals surface area (Å²) in [5.41, 5.74) is 0. The first kappa shape index (κ1) is 12.9. The van der Waals surface area contributed by atoms with E-state index in [1.165, 1.54) is 0 Å². The minimum Gasteiger partial charge on any atom is -0.342 e. The molecule has 1 rings (SSSR count). The quantitative estimate of drug-likeness (QED) is 0.783. The molecular formula is C12H17NO2S. The molecule has 1 amide bonds. The van der Waals surface area contributed by atoms with E-state index in [9.17, 15) is 9.00 Å². The van der Waals surface area contributed by atoms with Crippen LogP contribution < -0.4 is 0 Å². The van der Waals surface area contributed by atoms with Gasteiger partial charge in [0, 0.05) is 18.0 Å². The zero-order valence-corrected chi connectivity index (χ0v) is 10.5. The van der Waals surface area contributed by atoms with Crippen LogP contribution in [0.5, 0.6) is 0 Å². The van der Waals surface area contributed by atoms with Crippen molar-refractivity contribution in [1.82, 2.24) is 4.90 Å². The van der Waals surface area contributed by atoms with Gasteiger partial charge in [-0.05, 0) is 26.0 Å². The van der Waals surface area contributed by atoms with E-state index in [1.807, 2.05) is 32.0 Å². The molecule has 0 aliphatic rings. The molecule has 0 N–H and O–H groups in total. The summed E-state index contributed by atoms with van der Waals surface area (Å²) in [6.07, 6.45) is 0. The summed E-state index contributed by atoms with van der Waals surface area (Å²) in [5.74, 6) is 0.0262. The Labute approximate surface area is 98.9 Å². The number of nitrogens with zero attached hydrogens (tertiary/aromatic N) is 1. The lowest BCUT2D eigenvalue weighted by Gasteiger charge is -2.18. The van der Waals surface area contributed by atoms with Gasteiger partial charge in [0.1, 0.15) is 5.75 Å². The van der Waals surface area contributed by atoms with E-state index in [2.05, 4.69) is 0 Å². The van der Waals surface area contributed by atoms with Gasteiger partial charge in [-0.1, -0.05) is 18.2 Å². The molecule has 0 heterocycles. The predicted molar refractivity (Wildman–Crippen MR) is 65.6 cm³/mol. The topological polar surface area (TPSA) is 37.4 Å². The first-order valence-corrected chi connectivity index (χ1v) is 6.72. The summed E-state index contributed by atoms with van der Waals surface area (Å²) in [6.45, 7) is 5.18. The van der Waals surface area contributed by atoms with Crippen LogP contribution in [0.25, 0.3) is 0 Å². The predicted octanol–water partition coefficient (Wildman–Crippen LogP) is 1.66. The third-order valence-electron chi connectivity index (χ3n) is 2.38. The lowest BCUT2D eigenvalue weighted by Crippen LogP contribution is -2.34. The first-order chi connectivity index (χ1) is 7.69. The van der Waals surface area contributed by atoms with Gasteiger partial charge in [0.25, 0.3) is 0 Å². The van der Waals surface area contributed by atoms with E-state index in [1.54, 1.807) is 17.0 Å². The molecule has 1 atom stereocenters. The molecular weight excluding hydrogens is 222 g/mol. The molecule has 16 heavy (non-hydrogen) atoms. The Hall–Kier alpha value is -1.16. The Balaban J connectivity index is 2.62. The van der Waals surface area contributed by atoms with Crippen molar-refractivity contribution < 1.29 is 9.00 Å². The summed E-state index contributed by atoms with van der Waals surface area (Å²) in [6, 6.07) is 9.09. The molecule has 0 saturated heterocycles. The molecule has 0 fully saturated rings. The highest BCUT2D eigenvalue weighted by molar-refractivity contribution is 7.85. The van der Waals surface area contributed by atoms with Crippen LogP contribution in [0.3, 0.4) is 0 Å². The molecule has 0 spiro atoms.